The zero-order chi connectivity index (χ0) is 14.5. The van der Waals surface area contributed by atoms with E-state index in [2.05, 4.69) is 20.6 Å². The van der Waals surface area contributed by atoms with Gasteiger partial charge in [-0.3, -0.25) is 4.79 Å². The van der Waals surface area contributed by atoms with Crippen molar-refractivity contribution in [2.75, 3.05) is 5.32 Å². The Morgan fingerprint density at radius 1 is 1.50 bits per heavy atom. The summed E-state index contributed by atoms with van der Waals surface area (Å²) in [4.78, 5) is 18.8. The van der Waals surface area contributed by atoms with Crippen LogP contribution in [0.25, 0.3) is 11.0 Å². The number of nitrogens with one attached hydrogen (secondary N) is 3. The molecule has 0 unspecified atom stereocenters. The molecule has 0 bridgehead atoms. The Balaban J connectivity index is 2.13. The molecule has 0 aliphatic carbocycles. The Labute approximate surface area is 116 Å². The molecule has 1 heterocycles. The molecule has 6 nitrogen and oxygen atoms in total. The first kappa shape index (κ1) is 13.6. The van der Waals surface area contributed by atoms with Gasteiger partial charge < -0.3 is 15.6 Å². The van der Waals surface area contributed by atoms with Gasteiger partial charge in [-0.2, -0.15) is 5.26 Å². The monoisotopic (exact) mass is 269 g/mol. The predicted molar refractivity (Wildman–Crippen MR) is 76.7 cm³/mol. The molecular weight excluding hydrogens is 254 g/mol. The van der Waals surface area contributed by atoms with Gasteiger partial charge in [-0.25, -0.2) is 4.98 Å². The molecule has 1 aromatic heterocycles. The number of carbonyl (C=O) groups excluding carboxylic acids is 1. The van der Waals surface area contributed by atoms with Crippen molar-refractivity contribution in [1.29, 1.82) is 5.26 Å². The highest BCUT2D eigenvalue weighted by Crippen LogP contribution is 2.15. The number of benzene rings is 1. The van der Waals surface area contributed by atoms with Crippen LogP contribution in [0.5, 0.6) is 0 Å². The van der Waals surface area contributed by atoms with Gasteiger partial charge in [0.15, 0.2) is 0 Å². The molecule has 0 radical (unpaired) electrons. The maximum Gasteiger partial charge on any atom is 0.263 e. The second-order valence-electron chi connectivity index (χ2n) is 4.58. The first-order valence-corrected chi connectivity index (χ1v) is 6.21. The number of aromatic amines is 1. The lowest BCUT2D eigenvalue weighted by Gasteiger charge is -2.07. The van der Waals surface area contributed by atoms with E-state index in [0.29, 0.717) is 0 Å². The Morgan fingerprint density at radius 3 is 3.00 bits per heavy atom. The number of H-pyrrole nitrogens is 1. The van der Waals surface area contributed by atoms with E-state index in [9.17, 15) is 4.79 Å². The SMILES string of the molecule is CC(C)NC(=O)/C(C#N)=C\Nc1ccc2nc[nH]c2c1. The Kier molecular flexibility index (Phi) is 4.01. The topological polar surface area (TPSA) is 93.6 Å². The lowest BCUT2D eigenvalue weighted by atomic mass is 10.2. The summed E-state index contributed by atoms with van der Waals surface area (Å²) in [7, 11) is 0. The molecule has 0 spiro atoms. The molecule has 0 saturated heterocycles. The number of imidazole rings is 1. The summed E-state index contributed by atoms with van der Waals surface area (Å²) in [6.45, 7) is 3.68. The van der Waals surface area contributed by atoms with Crippen molar-refractivity contribution < 1.29 is 4.79 Å². The van der Waals surface area contributed by atoms with Crippen molar-refractivity contribution in [3.8, 4) is 6.07 Å². The smallest absolute Gasteiger partial charge is 0.263 e. The standard InChI is InChI=1S/C14H15N5O/c1-9(2)19-14(20)10(6-15)7-16-11-3-4-12-13(5-11)18-8-17-12/h3-5,7-9,16H,1-2H3,(H,17,18)(H,19,20)/b10-7-. The molecule has 0 fully saturated rings. The summed E-state index contributed by atoms with van der Waals surface area (Å²) in [5.74, 6) is -0.391. The van der Waals surface area contributed by atoms with Gasteiger partial charge in [0.25, 0.3) is 5.91 Å². The maximum absolute atomic E-state index is 11.7. The molecule has 3 N–H and O–H groups in total. The molecule has 1 amide bonds. The summed E-state index contributed by atoms with van der Waals surface area (Å²) >= 11 is 0. The number of carbonyl (C=O) groups is 1. The average molecular weight is 269 g/mol. The second-order valence-corrected chi connectivity index (χ2v) is 4.58. The van der Waals surface area contributed by atoms with Gasteiger partial charge in [0, 0.05) is 17.9 Å². The molecule has 2 aromatic rings. The fraction of sp³-hybridized carbons (Fsp3) is 0.214. The van der Waals surface area contributed by atoms with Gasteiger partial charge in [-0.05, 0) is 32.0 Å². The number of rotatable bonds is 4. The van der Waals surface area contributed by atoms with Crippen molar-refractivity contribution in [3.05, 3.63) is 36.3 Å². The first-order chi connectivity index (χ1) is 9.60. The zero-order valence-corrected chi connectivity index (χ0v) is 11.3. The van der Waals surface area contributed by atoms with Crippen LogP contribution in [0.4, 0.5) is 5.69 Å². The number of anilines is 1. The molecular formula is C14H15N5O. The van der Waals surface area contributed by atoms with Gasteiger partial charge in [0.05, 0.1) is 17.4 Å². The normalized spacial score (nSPS) is 11.4. The van der Waals surface area contributed by atoms with Crippen molar-refractivity contribution in [1.82, 2.24) is 15.3 Å². The fourth-order valence-corrected chi connectivity index (χ4v) is 1.67. The Bertz CT molecular complexity index is 693. The van der Waals surface area contributed by atoms with Crippen LogP contribution in [-0.2, 0) is 4.79 Å². The van der Waals surface area contributed by atoms with Crippen LogP contribution >= 0.6 is 0 Å². The number of hydrogen-bond donors (Lipinski definition) is 3. The predicted octanol–water partition coefficient (Wildman–Crippen LogP) is 1.91. The van der Waals surface area contributed by atoms with E-state index in [1.165, 1.54) is 6.20 Å². The summed E-state index contributed by atoms with van der Waals surface area (Å²) in [6, 6.07) is 7.40. The third kappa shape index (κ3) is 3.14. The average Bonchev–Trinajstić information content (AvgIpc) is 2.86. The molecule has 102 valence electrons. The number of nitriles is 1. The van der Waals surface area contributed by atoms with Gasteiger partial charge in [0.2, 0.25) is 0 Å². The highest BCUT2D eigenvalue weighted by molar-refractivity contribution is 5.97. The number of fused-ring (bicyclic) bond motifs is 1. The molecule has 6 heteroatoms. The highest BCUT2D eigenvalue weighted by atomic mass is 16.1. The lowest BCUT2D eigenvalue weighted by molar-refractivity contribution is -0.117. The number of hydrogen-bond acceptors (Lipinski definition) is 4. The van der Waals surface area contributed by atoms with E-state index in [0.717, 1.165) is 16.7 Å². The van der Waals surface area contributed by atoms with E-state index in [1.807, 2.05) is 38.1 Å². The lowest BCUT2D eigenvalue weighted by Crippen LogP contribution is -2.31. The Hall–Kier alpha value is -2.81. The van der Waals surface area contributed by atoms with E-state index in [-0.39, 0.29) is 11.6 Å². The van der Waals surface area contributed by atoms with Crippen LogP contribution in [0, 0.1) is 11.3 Å². The zero-order valence-electron chi connectivity index (χ0n) is 11.3. The van der Waals surface area contributed by atoms with E-state index in [1.54, 1.807) is 6.33 Å². The summed E-state index contributed by atoms with van der Waals surface area (Å²) < 4.78 is 0. The first-order valence-electron chi connectivity index (χ1n) is 6.21. The molecule has 0 saturated carbocycles. The molecule has 20 heavy (non-hydrogen) atoms. The molecule has 0 aliphatic heterocycles. The minimum atomic E-state index is -0.391. The van der Waals surface area contributed by atoms with Gasteiger partial charge in [0.1, 0.15) is 11.6 Å². The molecule has 0 atom stereocenters. The minimum absolute atomic E-state index is 0.0133. The third-order valence-electron chi connectivity index (χ3n) is 2.59. The van der Waals surface area contributed by atoms with Crippen molar-refractivity contribution >= 4 is 22.6 Å². The fourth-order valence-electron chi connectivity index (χ4n) is 1.67. The summed E-state index contributed by atoms with van der Waals surface area (Å²) in [6.07, 6.45) is 3.01. The summed E-state index contributed by atoms with van der Waals surface area (Å²) in [5, 5.41) is 14.6. The third-order valence-corrected chi connectivity index (χ3v) is 2.59. The number of nitrogens with zero attached hydrogens (tertiary/aromatic N) is 2. The van der Waals surface area contributed by atoms with Gasteiger partial charge in [-0.15, -0.1) is 0 Å². The molecule has 2 rings (SSSR count). The van der Waals surface area contributed by atoms with E-state index in [4.69, 9.17) is 5.26 Å². The van der Waals surface area contributed by atoms with Crippen molar-refractivity contribution in [3.63, 3.8) is 0 Å². The van der Waals surface area contributed by atoms with Crippen LogP contribution in [0.15, 0.2) is 36.3 Å². The molecule has 1 aromatic carbocycles. The van der Waals surface area contributed by atoms with Crippen LogP contribution < -0.4 is 10.6 Å². The largest absolute Gasteiger partial charge is 0.360 e. The second kappa shape index (κ2) is 5.89. The van der Waals surface area contributed by atoms with Gasteiger partial charge in [-0.1, -0.05) is 0 Å². The maximum atomic E-state index is 11.7. The van der Waals surface area contributed by atoms with Crippen LogP contribution in [0.2, 0.25) is 0 Å². The van der Waals surface area contributed by atoms with Crippen LogP contribution in [-0.4, -0.2) is 21.9 Å². The van der Waals surface area contributed by atoms with Crippen LogP contribution in [0.1, 0.15) is 13.8 Å². The summed E-state index contributed by atoms with van der Waals surface area (Å²) in [5.41, 5.74) is 2.54. The quantitative estimate of drug-likeness (QED) is 0.583. The van der Waals surface area contributed by atoms with E-state index >= 15 is 0 Å². The Morgan fingerprint density at radius 2 is 2.30 bits per heavy atom. The van der Waals surface area contributed by atoms with Crippen molar-refractivity contribution in [2.45, 2.75) is 19.9 Å². The van der Waals surface area contributed by atoms with Crippen molar-refractivity contribution in [2.24, 2.45) is 0 Å². The minimum Gasteiger partial charge on any atom is -0.360 e. The number of amides is 1. The number of aromatic nitrogens is 2. The van der Waals surface area contributed by atoms with E-state index < -0.39 is 5.91 Å². The molecule has 0 aliphatic rings. The highest BCUT2D eigenvalue weighted by Gasteiger charge is 2.09. The van der Waals surface area contributed by atoms with Gasteiger partial charge >= 0.3 is 0 Å². The van der Waals surface area contributed by atoms with Crippen LogP contribution in [0.3, 0.4) is 0 Å².